The first-order valence-electron chi connectivity index (χ1n) is 6.51. The number of benzene rings is 1. The highest BCUT2D eigenvalue weighted by Gasteiger charge is 2.29. The lowest BCUT2D eigenvalue weighted by Gasteiger charge is -2.35. The van der Waals surface area contributed by atoms with Crippen LogP contribution < -0.4 is 4.90 Å². The second kappa shape index (κ2) is 5.55. The Hall–Kier alpha value is -1.37. The van der Waals surface area contributed by atoms with Crippen LogP contribution in [0.25, 0.3) is 0 Å². The predicted molar refractivity (Wildman–Crippen MR) is 81.7 cm³/mol. The van der Waals surface area contributed by atoms with E-state index in [-0.39, 0.29) is 0 Å². The Kier molecular flexibility index (Phi) is 3.78. The third-order valence-electron chi connectivity index (χ3n) is 3.45. The van der Waals surface area contributed by atoms with Crippen LogP contribution in [0.2, 0.25) is 0 Å². The molecule has 1 aliphatic heterocycles. The Bertz CT molecular complexity index is 646. The molecule has 1 aliphatic rings. The van der Waals surface area contributed by atoms with Gasteiger partial charge in [0.05, 0.1) is 0 Å². The number of nitrogens with zero attached hydrogens (tertiary/aromatic N) is 2. The number of para-hydroxylation sites is 1. The van der Waals surface area contributed by atoms with E-state index >= 15 is 0 Å². The average molecular weight is 308 g/mol. The summed E-state index contributed by atoms with van der Waals surface area (Å²) in [7, 11) is -3.30. The van der Waals surface area contributed by atoms with Crippen molar-refractivity contribution >= 4 is 27.0 Å². The minimum Gasteiger partial charge on any atom is -0.369 e. The van der Waals surface area contributed by atoms with Gasteiger partial charge in [0.2, 0.25) is 0 Å². The van der Waals surface area contributed by atoms with Crippen molar-refractivity contribution in [3.63, 3.8) is 0 Å². The van der Waals surface area contributed by atoms with E-state index in [9.17, 15) is 8.42 Å². The van der Waals surface area contributed by atoms with Crippen molar-refractivity contribution in [3.8, 4) is 0 Å². The maximum Gasteiger partial charge on any atom is 0.252 e. The molecule has 0 amide bonds. The van der Waals surface area contributed by atoms with Crippen molar-refractivity contribution < 1.29 is 8.42 Å². The highest BCUT2D eigenvalue weighted by molar-refractivity contribution is 7.91. The zero-order valence-corrected chi connectivity index (χ0v) is 12.6. The van der Waals surface area contributed by atoms with Gasteiger partial charge in [0, 0.05) is 31.9 Å². The molecule has 0 spiro atoms. The number of rotatable bonds is 3. The lowest BCUT2D eigenvalue weighted by atomic mass is 10.2. The number of hydrogen-bond acceptors (Lipinski definition) is 4. The van der Waals surface area contributed by atoms with Crippen LogP contribution in [0.5, 0.6) is 0 Å². The number of hydrogen-bond donors (Lipinski definition) is 0. The SMILES string of the molecule is O=S(=O)(c1cccs1)N1CCN(c2ccccc2)CC1. The molecule has 2 heterocycles. The van der Waals surface area contributed by atoms with Crippen LogP contribution in [-0.4, -0.2) is 38.9 Å². The molecular formula is C14H16N2O2S2. The standard InChI is InChI=1S/C14H16N2O2S2/c17-20(18,14-7-4-12-19-14)16-10-8-15(9-11-16)13-5-2-1-3-6-13/h1-7,12H,8-11H2. The molecule has 0 atom stereocenters. The molecule has 1 aromatic carbocycles. The van der Waals surface area contributed by atoms with Crippen molar-refractivity contribution in [1.29, 1.82) is 0 Å². The van der Waals surface area contributed by atoms with Gasteiger partial charge in [-0.2, -0.15) is 4.31 Å². The number of anilines is 1. The van der Waals surface area contributed by atoms with Crippen molar-refractivity contribution in [2.24, 2.45) is 0 Å². The minimum atomic E-state index is -3.30. The van der Waals surface area contributed by atoms with Gasteiger partial charge in [-0.15, -0.1) is 11.3 Å². The van der Waals surface area contributed by atoms with E-state index in [1.807, 2.05) is 18.2 Å². The van der Waals surface area contributed by atoms with Crippen LogP contribution in [-0.2, 0) is 10.0 Å². The highest BCUT2D eigenvalue weighted by atomic mass is 32.2. The fourth-order valence-corrected chi connectivity index (χ4v) is 4.93. The van der Waals surface area contributed by atoms with Crippen molar-refractivity contribution in [1.82, 2.24) is 4.31 Å². The fraction of sp³-hybridized carbons (Fsp3) is 0.286. The van der Waals surface area contributed by atoms with Crippen molar-refractivity contribution in [2.45, 2.75) is 4.21 Å². The molecular weight excluding hydrogens is 292 g/mol. The van der Waals surface area contributed by atoms with Crippen LogP contribution in [0.15, 0.2) is 52.1 Å². The van der Waals surface area contributed by atoms with Gasteiger partial charge in [-0.05, 0) is 23.6 Å². The molecule has 1 fully saturated rings. The molecule has 0 saturated carbocycles. The monoisotopic (exact) mass is 308 g/mol. The summed E-state index contributed by atoms with van der Waals surface area (Å²) < 4.78 is 26.8. The summed E-state index contributed by atoms with van der Waals surface area (Å²) in [6, 6.07) is 13.6. The van der Waals surface area contributed by atoms with Crippen molar-refractivity contribution in [3.05, 3.63) is 47.8 Å². The van der Waals surface area contributed by atoms with Crippen LogP contribution in [0.1, 0.15) is 0 Å². The quantitative estimate of drug-likeness (QED) is 0.873. The van der Waals surface area contributed by atoms with E-state index < -0.39 is 10.0 Å². The minimum absolute atomic E-state index is 0.436. The van der Waals surface area contributed by atoms with Gasteiger partial charge in [-0.3, -0.25) is 0 Å². The van der Waals surface area contributed by atoms with Crippen LogP contribution in [0.3, 0.4) is 0 Å². The van der Waals surface area contributed by atoms with Gasteiger partial charge >= 0.3 is 0 Å². The molecule has 1 saturated heterocycles. The maximum absolute atomic E-state index is 12.4. The van der Waals surface area contributed by atoms with Crippen LogP contribution >= 0.6 is 11.3 Å². The van der Waals surface area contributed by atoms with Crippen molar-refractivity contribution in [2.75, 3.05) is 31.1 Å². The molecule has 3 rings (SSSR count). The fourth-order valence-electron chi connectivity index (χ4n) is 2.36. The van der Waals surface area contributed by atoms with Gasteiger partial charge in [0.25, 0.3) is 10.0 Å². The Morgan fingerprint density at radius 3 is 2.20 bits per heavy atom. The van der Waals surface area contributed by atoms with Gasteiger partial charge in [-0.1, -0.05) is 24.3 Å². The third kappa shape index (κ3) is 2.59. The summed E-state index contributed by atoms with van der Waals surface area (Å²) in [6.07, 6.45) is 0. The molecule has 106 valence electrons. The average Bonchev–Trinajstić information content (AvgIpc) is 3.03. The first-order chi connectivity index (χ1) is 9.68. The van der Waals surface area contributed by atoms with E-state index in [1.54, 1.807) is 21.8 Å². The maximum atomic E-state index is 12.4. The first-order valence-corrected chi connectivity index (χ1v) is 8.83. The Morgan fingerprint density at radius 2 is 1.60 bits per heavy atom. The van der Waals surface area contributed by atoms with E-state index in [4.69, 9.17) is 0 Å². The molecule has 0 aliphatic carbocycles. The number of piperazine rings is 1. The van der Waals surface area contributed by atoms with Crippen LogP contribution in [0, 0.1) is 0 Å². The summed E-state index contributed by atoms with van der Waals surface area (Å²) in [5.41, 5.74) is 1.15. The van der Waals surface area contributed by atoms with Gasteiger partial charge in [-0.25, -0.2) is 8.42 Å². The summed E-state index contributed by atoms with van der Waals surface area (Å²) >= 11 is 1.28. The normalized spacial score (nSPS) is 17.3. The zero-order valence-electron chi connectivity index (χ0n) is 11.0. The second-order valence-electron chi connectivity index (χ2n) is 4.66. The molecule has 0 radical (unpaired) electrons. The summed E-state index contributed by atoms with van der Waals surface area (Å²) in [6.45, 7) is 2.54. The second-order valence-corrected chi connectivity index (χ2v) is 7.77. The molecule has 6 heteroatoms. The molecule has 0 unspecified atom stereocenters. The zero-order chi connectivity index (χ0) is 14.0. The van der Waals surface area contributed by atoms with Gasteiger partial charge in [0.1, 0.15) is 4.21 Å². The Labute approximate surface area is 123 Å². The predicted octanol–water partition coefficient (Wildman–Crippen LogP) is 2.26. The topological polar surface area (TPSA) is 40.6 Å². The molecule has 2 aromatic rings. The lowest BCUT2D eigenvalue weighted by molar-refractivity contribution is 0.386. The van der Waals surface area contributed by atoms with Crippen LogP contribution in [0.4, 0.5) is 5.69 Å². The lowest BCUT2D eigenvalue weighted by Crippen LogP contribution is -2.48. The third-order valence-corrected chi connectivity index (χ3v) is 6.72. The van der Waals surface area contributed by atoms with E-state index in [0.717, 1.165) is 18.8 Å². The van der Waals surface area contributed by atoms with E-state index in [0.29, 0.717) is 17.3 Å². The summed E-state index contributed by atoms with van der Waals surface area (Å²) in [5.74, 6) is 0. The Morgan fingerprint density at radius 1 is 0.900 bits per heavy atom. The smallest absolute Gasteiger partial charge is 0.252 e. The molecule has 0 N–H and O–H groups in total. The molecule has 4 nitrogen and oxygen atoms in total. The molecule has 0 bridgehead atoms. The summed E-state index contributed by atoms with van der Waals surface area (Å²) in [5, 5.41) is 1.80. The number of thiophene rings is 1. The number of sulfonamides is 1. The van der Waals surface area contributed by atoms with E-state index in [2.05, 4.69) is 17.0 Å². The molecule has 1 aromatic heterocycles. The van der Waals surface area contributed by atoms with E-state index in [1.165, 1.54) is 11.3 Å². The van der Waals surface area contributed by atoms with Gasteiger partial charge in [0.15, 0.2) is 0 Å². The summed E-state index contributed by atoms with van der Waals surface area (Å²) in [4.78, 5) is 2.22. The Balaban J connectivity index is 1.70. The van der Waals surface area contributed by atoms with Gasteiger partial charge < -0.3 is 4.90 Å². The molecule has 20 heavy (non-hydrogen) atoms. The largest absolute Gasteiger partial charge is 0.369 e. The first kappa shape index (κ1) is 13.6. The highest BCUT2D eigenvalue weighted by Crippen LogP contribution is 2.23.